The highest BCUT2D eigenvalue weighted by Gasteiger charge is 2.11. The molecule has 1 atom stereocenters. The van der Waals surface area contributed by atoms with E-state index in [1.165, 1.54) is 6.07 Å². The summed E-state index contributed by atoms with van der Waals surface area (Å²) in [5.41, 5.74) is 7.14. The van der Waals surface area contributed by atoms with E-state index in [1.807, 2.05) is 38.8 Å². The van der Waals surface area contributed by atoms with Gasteiger partial charge in [-0.3, -0.25) is 0 Å². The number of nitrogens with two attached hydrogens (primary N) is 1. The van der Waals surface area contributed by atoms with Gasteiger partial charge in [0.05, 0.1) is 5.69 Å². The second-order valence-electron chi connectivity index (χ2n) is 4.20. The Morgan fingerprint density at radius 3 is 2.27 bits per heavy atom. The summed E-state index contributed by atoms with van der Waals surface area (Å²) in [7, 11) is 1.88. The van der Waals surface area contributed by atoms with Crippen molar-refractivity contribution in [3.63, 3.8) is 0 Å². The van der Waals surface area contributed by atoms with E-state index in [2.05, 4.69) is 0 Å². The Balaban J connectivity index is 3.03. The minimum atomic E-state index is -0.207. The van der Waals surface area contributed by atoms with Gasteiger partial charge < -0.3 is 10.6 Å². The molecule has 1 rings (SSSR count). The SMILES string of the molecule is CC(C)N(C)c1ccc([C@@H](C)N)cc1F. The van der Waals surface area contributed by atoms with E-state index < -0.39 is 0 Å². The maximum atomic E-state index is 13.7. The highest BCUT2D eigenvalue weighted by molar-refractivity contribution is 5.49. The number of hydrogen-bond donors (Lipinski definition) is 1. The molecule has 0 saturated carbocycles. The number of anilines is 1. The van der Waals surface area contributed by atoms with E-state index in [0.717, 1.165) is 5.56 Å². The quantitative estimate of drug-likeness (QED) is 0.831. The van der Waals surface area contributed by atoms with Crippen LogP contribution in [0, 0.1) is 5.82 Å². The van der Waals surface area contributed by atoms with Crippen molar-refractivity contribution < 1.29 is 4.39 Å². The predicted molar refractivity (Wildman–Crippen MR) is 62.5 cm³/mol. The van der Waals surface area contributed by atoms with E-state index in [-0.39, 0.29) is 17.9 Å². The Labute approximate surface area is 90.9 Å². The standard InChI is InChI=1S/C12H19FN2/c1-8(2)15(4)12-6-5-10(9(3)14)7-11(12)13/h5-9H,14H2,1-4H3/t9-/m1/s1. The largest absolute Gasteiger partial charge is 0.370 e. The molecule has 0 saturated heterocycles. The van der Waals surface area contributed by atoms with Crippen molar-refractivity contribution >= 4 is 5.69 Å². The number of hydrogen-bond acceptors (Lipinski definition) is 2. The number of benzene rings is 1. The molecule has 1 aromatic carbocycles. The zero-order valence-corrected chi connectivity index (χ0v) is 9.79. The van der Waals surface area contributed by atoms with Crippen molar-refractivity contribution in [2.24, 2.45) is 5.73 Å². The van der Waals surface area contributed by atoms with Crippen LogP contribution in [0.1, 0.15) is 32.4 Å². The van der Waals surface area contributed by atoms with Crippen LogP contribution in [0.5, 0.6) is 0 Å². The summed E-state index contributed by atoms with van der Waals surface area (Å²) in [6.07, 6.45) is 0. The molecule has 0 radical (unpaired) electrons. The van der Waals surface area contributed by atoms with Crippen LogP contribution < -0.4 is 10.6 Å². The topological polar surface area (TPSA) is 29.3 Å². The van der Waals surface area contributed by atoms with Crippen molar-refractivity contribution in [2.75, 3.05) is 11.9 Å². The lowest BCUT2D eigenvalue weighted by atomic mass is 10.1. The number of nitrogens with zero attached hydrogens (tertiary/aromatic N) is 1. The molecule has 0 bridgehead atoms. The Hall–Kier alpha value is -1.09. The van der Waals surface area contributed by atoms with Crippen LogP contribution in [0.4, 0.5) is 10.1 Å². The molecule has 0 aromatic heterocycles. The average Bonchev–Trinajstić information content (AvgIpc) is 2.16. The summed E-state index contributed by atoms with van der Waals surface area (Å²) in [4.78, 5) is 1.90. The zero-order valence-electron chi connectivity index (χ0n) is 9.79. The first-order chi connectivity index (χ1) is 6.93. The van der Waals surface area contributed by atoms with Gasteiger partial charge in [-0.05, 0) is 38.5 Å². The van der Waals surface area contributed by atoms with Gasteiger partial charge in [0.15, 0.2) is 0 Å². The minimum absolute atomic E-state index is 0.127. The maximum absolute atomic E-state index is 13.7. The number of halogens is 1. The van der Waals surface area contributed by atoms with E-state index in [0.29, 0.717) is 5.69 Å². The monoisotopic (exact) mass is 210 g/mol. The van der Waals surface area contributed by atoms with Crippen LogP contribution in [0.25, 0.3) is 0 Å². The highest BCUT2D eigenvalue weighted by Crippen LogP contribution is 2.23. The summed E-state index contributed by atoms with van der Waals surface area (Å²) >= 11 is 0. The summed E-state index contributed by atoms with van der Waals surface area (Å²) in [5.74, 6) is -0.207. The van der Waals surface area contributed by atoms with Gasteiger partial charge in [-0.25, -0.2) is 4.39 Å². The second-order valence-corrected chi connectivity index (χ2v) is 4.20. The van der Waals surface area contributed by atoms with Crippen LogP contribution in [0.15, 0.2) is 18.2 Å². The first-order valence-corrected chi connectivity index (χ1v) is 5.21. The fourth-order valence-electron chi connectivity index (χ4n) is 1.37. The molecule has 2 N–H and O–H groups in total. The zero-order chi connectivity index (χ0) is 11.6. The van der Waals surface area contributed by atoms with E-state index in [4.69, 9.17) is 5.73 Å². The lowest BCUT2D eigenvalue weighted by molar-refractivity contribution is 0.609. The molecule has 15 heavy (non-hydrogen) atoms. The molecule has 3 heteroatoms. The molecule has 0 heterocycles. The van der Waals surface area contributed by atoms with Gasteiger partial charge in [-0.2, -0.15) is 0 Å². The first-order valence-electron chi connectivity index (χ1n) is 5.21. The maximum Gasteiger partial charge on any atom is 0.146 e. The molecule has 0 aliphatic rings. The molecule has 0 aliphatic carbocycles. The van der Waals surface area contributed by atoms with Crippen LogP contribution in [0.2, 0.25) is 0 Å². The third kappa shape index (κ3) is 2.69. The fourth-order valence-corrected chi connectivity index (χ4v) is 1.37. The summed E-state index contributed by atoms with van der Waals surface area (Å²) < 4.78 is 13.7. The first kappa shape index (κ1) is 12.0. The minimum Gasteiger partial charge on any atom is -0.370 e. The Bertz CT molecular complexity index is 334. The third-order valence-electron chi connectivity index (χ3n) is 2.65. The molecule has 0 unspecified atom stereocenters. The van der Waals surface area contributed by atoms with Gasteiger partial charge in [0, 0.05) is 19.1 Å². The molecular formula is C12H19FN2. The number of rotatable bonds is 3. The molecule has 84 valence electrons. The van der Waals surface area contributed by atoms with Gasteiger partial charge in [0.25, 0.3) is 0 Å². The van der Waals surface area contributed by atoms with Gasteiger partial charge in [-0.1, -0.05) is 6.07 Å². The van der Waals surface area contributed by atoms with Crippen molar-refractivity contribution in [1.82, 2.24) is 0 Å². The summed E-state index contributed by atoms with van der Waals surface area (Å²) in [5, 5.41) is 0. The van der Waals surface area contributed by atoms with Crippen molar-refractivity contribution in [3.8, 4) is 0 Å². The van der Waals surface area contributed by atoms with Crippen molar-refractivity contribution in [3.05, 3.63) is 29.6 Å². The van der Waals surface area contributed by atoms with Crippen molar-refractivity contribution in [2.45, 2.75) is 32.9 Å². The molecule has 0 spiro atoms. The average molecular weight is 210 g/mol. The van der Waals surface area contributed by atoms with Gasteiger partial charge in [0.2, 0.25) is 0 Å². The summed E-state index contributed by atoms with van der Waals surface area (Å²) in [6.45, 7) is 5.90. The van der Waals surface area contributed by atoms with Gasteiger partial charge >= 0.3 is 0 Å². The molecule has 0 amide bonds. The van der Waals surface area contributed by atoms with Crippen LogP contribution in [-0.2, 0) is 0 Å². The van der Waals surface area contributed by atoms with Gasteiger partial charge in [-0.15, -0.1) is 0 Å². The highest BCUT2D eigenvalue weighted by atomic mass is 19.1. The fraction of sp³-hybridized carbons (Fsp3) is 0.500. The lowest BCUT2D eigenvalue weighted by Gasteiger charge is -2.24. The molecular weight excluding hydrogens is 191 g/mol. The molecule has 0 fully saturated rings. The van der Waals surface area contributed by atoms with Crippen LogP contribution >= 0.6 is 0 Å². The smallest absolute Gasteiger partial charge is 0.146 e. The van der Waals surface area contributed by atoms with E-state index in [9.17, 15) is 4.39 Å². The second kappa shape index (κ2) is 4.62. The Morgan fingerprint density at radius 2 is 1.87 bits per heavy atom. The third-order valence-corrected chi connectivity index (χ3v) is 2.65. The normalized spacial score (nSPS) is 13.0. The molecule has 2 nitrogen and oxygen atoms in total. The molecule has 0 aliphatic heterocycles. The predicted octanol–water partition coefficient (Wildman–Crippen LogP) is 2.69. The summed E-state index contributed by atoms with van der Waals surface area (Å²) in [6, 6.07) is 5.33. The molecule has 1 aromatic rings. The van der Waals surface area contributed by atoms with Crippen molar-refractivity contribution in [1.29, 1.82) is 0 Å². The van der Waals surface area contributed by atoms with Gasteiger partial charge in [0.1, 0.15) is 5.82 Å². The van der Waals surface area contributed by atoms with E-state index in [1.54, 1.807) is 6.07 Å². The lowest BCUT2D eigenvalue weighted by Crippen LogP contribution is -2.26. The Kier molecular flexibility index (Phi) is 3.69. The van der Waals surface area contributed by atoms with E-state index >= 15 is 0 Å². The van der Waals surface area contributed by atoms with Crippen LogP contribution in [0.3, 0.4) is 0 Å². The van der Waals surface area contributed by atoms with Crippen LogP contribution in [-0.4, -0.2) is 13.1 Å². The Morgan fingerprint density at radius 1 is 1.27 bits per heavy atom.